The minimum Gasteiger partial charge on any atom is -0.497 e. The second-order valence-electron chi connectivity index (χ2n) is 6.18. The molecule has 0 bridgehead atoms. The lowest BCUT2D eigenvalue weighted by Gasteiger charge is -2.38. The Morgan fingerprint density at radius 2 is 1.64 bits per heavy atom. The van der Waals surface area contributed by atoms with Crippen LogP contribution in [0.1, 0.15) is 44.6 Å². The summed E-state index contributed by atoms with van der Waals surface area (Å²) in [5.74, 6) is 1.46. The van der Waals surface area contributed by atoms with Gasteiger partial charge in [0, 0.05) is 19.2 Å². The molecule has 0 aliphatic carbocycles. The zero-order valence-electron chi connectivity index (χ0n) is 14.1. The molecule has 0 aromatic heterocycles. The summed E-state index contributed by atoms with van der Waals surface area (Å²) >= 11 is 0. The second kappa shape index (κ2) is 7.84. The Morgan fingerprint density at radius 3 is 2.14 bits per heavy atom. The second-order valence-corrected chi connectivity index (χ2v) is 6.18. The molecule has 22 heavy (non-hydrogen) atoms. The van der Waals surface area contributed by atoms with Gasteiger partial charge >= 0.3 is 0 Å². The van der Waals surface area contributed by atoms with Crippen molar-refractivity contribution < 1.29 is 14.6 Å². The van der Waals surface area contributed by atoms with Crippen LogP contribution in [0.25, 0.3) is 0 Å². The van der Waals surface area contributed by atoms with Gasteiger partial charge in [-0.15, -0.1) is 0 Å². The maximum Gasteiger partial charge on any atom is 0.122 e. The molecular weight excluding hydrogens is 278 g/mol. The van der Waals surface area contributed by atoms with Crippen LogP contribution in [0, 0.1) is 0 Å². The number of hydrogen-bond acceptors (Lipinski definition) is 4. The minimum absolute atomic E-state index is 0.730. The Hall–Kier alpha value is -1.26. The summed E-state index contributed by atoms with van der Waals surface area (Å²) in [5.41, 5.74) is 0.125. The number of likely N-dealkylation sites (tertiary alicyclic amines) is 1. The zero-order valence-corrected chi connectivity index (χ0v) is 14.1. The summed E-state index contributed by atoms with van der Waals surface area (Å²) in [7, 11) is 3.28. The van der Waals surface area contributed by atoms with Crippen molar-refractivity contribution in [2.45, 2.75) is 44.6 Å². The predicted molar refractivity (Wildman–Crippen MR) is 88.6 cm³/mol. The molecule has 0 atom stereocenters. The van der Waals surface area contributed by atoms with E-state index in [0.29, 0.717) is 0 Å². The molecule has 1 aliphatic rings. The number of ether oxygens (including phenoxy) is 2. The molecule has 124 valence electrons. The van der Waals surface area contributed by atoms with Crippen LogP contribution < -0.4 is 9.47 Å². The molecule has 2 rings (SSSR count). The van der Waals surface area contributed by atoms with Crippen LogP contribution in [-0.2, 0) is 5.60 Å². The molecule has 0 amide bonds. The van der Waals surface area contributed by atoms with Crippen molar-refractivity contribution in [3.8, 4) is 11.5 Å². The van der Waals surface area contributed by atoms with Crippen molar-refractivity contribution in [2.24, 2.45) is 0 Å². The first kappa shape index (κ1) is 17.1. The Labute approximate surface area is 134 Å². The maximum absolute atomic E-state index is 11.0. The van der Waals surface area contributed by atoms with Crippen molar-refractivity contribution in [1.82, 2.24) is 4.90 Å². The first-order valence-corrected chi connectivity index (χ1v) is 8.29. The number of rotatable bonds is 7. The summed E-state index contributed by atoms with van der Waals surface area (Å²) in [5, 5.41) is 11.0. The van der Waals surface area contributed by atoms with E-state index >= 15 is 0 Å². The predicted octanol–water partition coefficient (Wildman–Crippen LogP) is 3.18. The van der Waals surface area contributed by atoms with Crippen molar-refractivity contribution in [1.29, 1.82) is 0 Å². The number of nitrogens with zero attached hydrogens (tertiary/aromatic N) is 1. The molecule has 1 aliphatic heterocycles. The van der Waals surface area contributed by atoms with Crippen LogP contribution >= 0.6 is 0 Å². The highest BCUT2D eigenvalue weighted by atomic mass is 16.5. The summed E-state index contributed by atoms with van der Waals surface area (Å²) in [6, 6.07) is 5.69. The topological polar surface area (TPSA) is 41.9 Å². The molecule has 0 unspecified atom stereocenters. The van der Waals surface area contributed by atoms with Crippen molar-refractivity contribution >= 4 is 0 Å². The first-order valence-electron chi connectivity index (χ1n) is 8.29. The number of methoxy groups -OCH3 is 2. The highest BCUT2D eigenvalue weighted by Gasteiger charge is 2.34. The van der Waals surface area contributed by atoms with Gasteiger partial charge in [-0.1, -0.05) is 19.8 Å². The third-order valence-electron chi connectivity index (χ3n) is 4.65. The molecule has 4 nitrogen and oxygen atoms in total. The van der Waals surface area contributed by atoms with Gasteiger partial charge in [-0.2, -0.15) is 0 Å². The van der Waals surface area contributed by atoms with E-state index in [-0.39, 0.29) is 0 Å². The molecule has 0 spiro atoms. The van der Waals surface area contributed by atoms with Gasteiger partial charge in [0.15, 0.2) is 0 Å². The Kier molecular flexibility index (Phi) is 6.09. The van der Waals surface area contributed by atoms with Gasteiger partial charge < -0.3 is 19.5 Å². The van der Waals surface area contributed by atoms with E-state index in [1.165, 1.54) is 19.3 Å². The maximum atomic E-state index is 11.0. The van der Waals surface area contributed by atoms with Gasteiger partial charge in [0.1, 0.15) is 11.5 Å². The summed E-state index contributed by atoms with van der Waals surface area (Å²) in [4.78, 5) is 2.46. The molecule has 1 aromatic rings. The number of piperidine rings is 1. The van der Waals surface area contributed by atoms with Crippen LogP contribution in [0.4, 0.5) is 0 Å². The van der Waals surface area contributed by atoms with Crippen LogP contribution in [0.15, 0.2) is 18.2 Å². The van der Waals surface area contributed by atoms with Gasteiger partial charge in [0.2, 0.25) is 0 Å². The Bertz CT molecular complexity index is 445. The fourth-order valence-electron chi connectivity index (χ4n) is 3.10. The average molecular weight is 307 g/mol. The van der Waals surface area contributed by atoms with Crippen molar-refractivity contribution in [2.75, 3.05) is 33.9 Å². The summed E-state index contributed by atoms with van der Waals surface area (Å²) < 4.78 is 10.6. The zero-order chi connectivity index (χ0) is 16.0. The fraction of sp³-hybridized carbons (Fsp3) is 0.667. The third-order valence-corrected chi connectivity index (χ3v) is 4.65. The van der Waals surface area contributed by atoms with Gasteiger partial charge in [0.25, 0.3) is 0 Å². The summed E-state index contributed by atoms with van der Waals surface area (Å²) in [6.07, 6.45) is 5.31. The first-order chi connectivity index (χ1) is 10.6. The Morgan fingerprint density at radius 1 is 1.05 bits per heavy atom. The number of unbranched alkanes of at least 4 members (excludes halogenated alkanes) is 2. The molecule has 0 radical (unpaired) electrons. The van der Waals surface area contributed by atoms with Gasteiger partial charge in [0.05, 0.1) is 19.8 Å². The Balaban J connectivity index is 2.03. The molecule has 1 saturated heterocycles. The lowest BCUT2D eigenvalue weighted by atomic mass is 9.84. The fourth-order valence-corrected chi connectivity index (χ4v) is 3.10. The number of benzene rings is 1. The van der Waals surface area contributed by atoms with Crippen molar-refractivity contribution in [3.05, 3.63) is 23.8 Å². The summed E-state index contributed by atoms with van der Waals surface area (Å²) in [6.45, 7) is 5.26. The van der Waals surface area contributed by atoms with Crippen LogP contribution in [0.2, 0.25) is 0 Å². The van der Waals surface area contributed by atoms with E-state index in [4.69, 9.17) is 9.47 Å². The highest BCUT2D eigenvalue weighted by molar-refractivity contribution is 5.41. The lowest BCUT2D eigenvalue weighted by molar-refractivity contribution is -0.0263. The quantitative estimate of drug-likeness (QED) is 0.786. The van der Waals surface area contributed by atoms with Crippen LogP contribution in [0.3, 0.4) is 0 Å². The van der Waals surface area contributed by atoms with Gasteiger partial charge in [-0.3, -0.25) is 0 Å². The van der Waals surface area contributed by atoms with E-state index in [1.807, 2.05) is 18.2 Å². The van der Waals surface area contributed by atoms with E-state index in [2.05, 4.69) is 11.8 Å². The van der Waals surface area contributed by atoms with Crippen molar-refractivity contribution in [3.63, 3.8) is 0 Å². The van der Waals surface area contributed by atoms with E-state index < -0.39 is 5.60 Å². The van der Waals surface area contributed by atoms with Gasteiger partial charge in [-0.05, 0) is 43.5 Å². The van der Waals surface area contributed by atoms with Crippen LogP contribution in [0.5, 0.6) is 11.5 Å². The normalized spacial score (nSPS) is 18.2. The smallest absolute Gasteiger partial charge is 0.122 e. The lowest BCUT2D eigenvalue weighted by Crippen LogP contribution is -2.42. The third kappa shape index (κ3) is 4.14. The molecule has 1 heterocycles. The molecule has 1 aromatic carbocycles. The SMILES string of the molecule is CCCCCN1CCC(O)(c2cc(OC)cc(OC)c2)CC1. The van der Waals surface area contributed by atoms with Gasteiger partial charge in [-0.25, -0.2) is 0 Å². The largest absolute Gasteiger partial charge is 0.497 e. The highest BCUT2D eigenvalue weighted by Crippen LogP contribution is 2.36. The van der Waals surface area contributed by atoms with E-state index in [1.54, 1.807) is 14.2 Å². The molecule has 1 fully saturated rings. The average Bonchev–Trinajstić information content (AvgIpc) is 2.56. The molecule has 1 N–H and O–H groups in total. The number of aliphatic hydroxyl groups is 1. The molecule has 0 saturated carbocycles. The molecular formula is C18H29NO3. The minimum atomic E-state index is -0.775. The monoisotopic (exact) mass is 307 g/mol. The number of hydrogen-bond donors (Lipinski definition) is 1. The van der Waals surface area contributed by atoms with E-state index in [0.717, 1.165) is 49.5 Å². The van der Waals surface area contributed by atoms with Crippen LogP contribution in [-0.4, -0.2) is 43.9 Å². The standard InChI is InChI=1S/C18H29NO3/c1-4-5-6-9-19-10-7-18(20,8-11-19)15-12-16(21-2)14-17(13-15)22-3/h12-14,20H,4-11H2,1-3H3. The molecule has 4 heteroatoms. The van der Waals surface area contributed by atoms with E-state index in [9.17, 15) is 5.11 Å².